The molecule has 2 aromatic rings. The second-order valence-corrected chi connectivity index (χ2v) is 7.40. The molecule has 3 rings (SSSR count). The van der Waals surface area contributed by atoms with E-state index in [0.29, 0.717) is 6.54 Å². The molecule has 0 spiro atoms. The summed E-state index contributed by atoms with van der Waals surface area (Å²) in [5.41, 5.74) is 2.17. The standard InChI is InChI=1S/C17H21N3OS2/c1-22-12-16-19-14(11-23-16)10-18-17(21)20-9-5-8-15(20)13-6-3-2-4-7-13/h2-4,6-7,11,15H,5,8-10,12H2,1H3,(H,18,21)/t15-/m0/s1. The number of hydrogen-bond donors (Lipinski definition) is 1. The minimum absolute atomic E-state index is 0.00997. The van der Waals surface area contributed by atoms with Crippen molar-refractivity contribution in [2.45, 2.75) is 31.2 Å². The SMILES string of the molecule is CSCc1nc(CNC(=O)N2CCC[C@H]2c2ccccc2)cs1. The van der Waals surface area contributed by atoms with Gasteiger partial charge < -0.3 is 10.2 Å². The highest BCUT2D eigenvalue weighted by Gasteiger charge is 2.29. The number of carbonyl (C=O) groups excluding carboxylic acids is 1. The lowest BCUT2D eigenvalue weighted by molar-refractivity contribution is 0.192. The van der Waals surface area contributed by atoms with Crippen molar-refractivity contribution in [3.05, 3.63) is 52.0 Å². The molecule has 23 heavy (non-hydrogen) atoms. The van der Waals surface area contributed by atoms with Crippen molar-refractivity contribution in [3.8, 4) is 0 Å². The highest BCUT2D eigenvalue weighted by atomic mass is 32.2. The number of aromatic nitrogens is 1. The molecule has 1 aromatic heterocycles. The summed E-state index contributed by atoms with van der Waals surface area (Å²) < 4.78 is 0. The molecule has 0 aliphatic carbocycles. The average molecular weight is 348 g/mol. The van der Waals surface area contributed by atoms with Crippen LogP contribution in [0, 0.1) is 0 Å². The maximum absolute atomic E-state index is 12.5. The number of nitrogens with one attached hydrogen (secondary N) is 1. The first-order valence-corrected chi connectivity index (χ1v) is 10.1. The molecule has 1 aliphatic heterocycles. The van der Waals surface area contributed by atoms with Crippen molar-refractivity contribution in [1.82, 2.24) is 15.2 Å². The zero-order chi connectivity index (χ0) is 16.1. The summed E-state index contributed by atoms with van der Waals surface area (Å²) in [7, 11) is 0. The zero-order valence-corrected chi connectivity index (χ0v) is 14.8. The van der Waals surface area contributed by atoms with Gasteiger partial charge in [-0.2, -0.15) is 11.8 Å². The van der Waals surface area contributed by atoms with Crippen LogP contribution in [0.25, 0.3) is 0 Å². The van der Waals surface area contributed by atoms with Crippen molar-refractivity contribution < 1.29 is 4.79 Å². The number of nitrogens with zero attached hydrogens (tertiary/aromatic N) is 2. The van der Waals surface area contributed by atoms with Crippen LogP contribution in [-0.4, -0.2) is 28.7 Å². The fourth-order valence-electron chi connectivity index (χ4n) is 2.92. The van der Waals surface area contributed by atoms with Crippen LogP contribution in [0.1, 0.15) is 35.1 Å². The number of thiazole rings is 1. The van der Waals surface area contributed by atoms with Crippen molar-refractivity contribution in [2.75, 3.05) is 12.8 Å². The van der Waals surface area contributed by atoms with Gasteiger partial charge in [0.25, 0.3) is 0 Å². The first kappa shape index (κ1) is 16.3. The third kappa shape index (κ3) is 4.06. The molecule has 2 amide bonds. The summed E-state index contributed by atoms with van der Waals surface area (Å²) in [6, 6.07) is 10.5. The van der Waals surface area contributed by atoms with Crippen LogP contribution in [0.4, 0.5) is 4.79 Å². The van der Waals surface area contributed by atoms with Crippen molar-refractivity contribution >= 4 is 29.1 Å². The fourth-order valence-corrected chi connectivity index (χ4v) is 4.43. The Hall–Kier alpha value is -1.53. The lowest BCUT2D eigenvalue weighted by atomic mass is 10.1. The van der Waals surface area contributed by atoms with E-state index in [2.05, 4.69) is 28.7 Å². The quantitative estimate of drug-likeness (QED) is 0.887. The number of rotatable bonds is 5. The molecule has 1 atom stereocenters. The van der Waals surface area contributed by atoms with E-state index in [9.17, 15) is 4.79 Å². The van der Waals surface area contributed by atoms with E-state index in [1.165, 1.54) is 5.56 Å². The summed E-state index contributed by atoms with van der Waals surface area (Å²) in [5.74, 6) is 0.931. The minimum Gasteiger partial charge on any atom is -0.332 e. The Bertz CT molecular complexity index is 644. The van der Waals surface area contributed by atoms with E-state index < -0.39 is 0 Å². The van der Waals surface area contributed by atoms with Gasteiger partial charge in [-0.1, -0.05) is 30.3 Å². The van der Waals surface area contributed by atoms with Gasteiger partial charge in [0.15, 0.2) is 0 Å². The molecular weight excluding hydrogens is 326 g/mol. The van der Waals surface area contributed by atoms with Gasteiger partial charge in [0.05, 0.1) is 18.3 Å². The van der Waals surface area contributed by atoms with Gasteiger partial charge in [0.2, 0.25) is 0 Å². The number of urea groups is 1. The topological polar surface area (TPSA) is 45.2 Å². The summed E-state index contributed by atoms with van der Waals surface area (Å²) in [6.07, 6.45) is 4.16. The molecule has 1 N–H and O–H groups in total. The van der Waals surface area contributed by atoms with Crippen LogP contribution < -0.4 is 5.32 Å². The van der Waals surface area contributed by atoms with Gasteiger partial charge in [-0.25, -0.2) is 9.78 Å². The number of carbonyl (C=O) groups is 1. The normalized spacial score (nSPS) is 17.4. The summed E-state index contributed by atoms with van der Waals surface area (Å²) >= 11 is 3.42. The van der Waals surface area contributed by atoms with Crippen molar-refractivity contribution in [3.63, 3.8) is 0 Å². The smallest absolute Gasteiger partial charge is 0.318 e. The highest BCUT2D eigenvalue weighted by Crippen LogP contribution is 2.31. The van der Waals surface area contributed by atoms with Gasteiger partial charge in [0, 0.05) is 17.7 Å². The fraction of sp³-hybridized carbons (Fsp3) is 0.412. The van der Waals surface area contributed by atoms with E-state index in [1.807, 2.05) is 28.5 Å². The first-order valence-electron chi connectivity index (χ1n) is 7.79. The Kier molecular flexibility index (Phi) is 5.56. The summed E-state index contributed by atoms with van der Waals surface area (Å²) in [6.45, 7) is 1.32. The molecule has 0 saturated carbocycles. The van der Waals surface area contributed by atoms with Gasteiger partial charge in [0.1, 0.15) is 5.01 Å². The Morgan fingerprint density at radius 2 is 2.26 bits per heavy atom. The van der Waals surface area contributed by atoms with E-state index in [1.54, 1.807) is 23.1 Å². The second kappa shape index (κ2) is 7.84. The lowest BCUT2D eigenvalue weighted by Gasteiger charge is -2.25. The summed E-state index contributed by atoms with van der Waals surface area (Å²) in [4.78, 5) is 19.0. The number of benzene rings is 1. The minimum atomic E-state index is 0.00997. The van der Waals surface area contributed by atoms with Crippen LogP contribution in [0.15, 0.2) is 35.7 Å². The largest absolute Gasteiger partial charge is 0.332 e. The van der Waals surface area contributed by atoms with E-state index in [4.69, 9.17) is 0 Å². The van der Waals surface area contributed by atoms with Crippen molar-refractivity contribution in [2.24, 2.45) is 0 Å². The van der Waals surface area contributed by atoms with Gasteiger partial charge in [-0.05, 0) is 24.7 Å². The van der Waals surface area contributed by atoms with Gasteiger partial charge >= 0.3 is 6.03 Å². The Morgan fingerprint density at radius 1 is 1.43 bits per heavy atom. The predicted octanol–water partition coefficient (Wildman–Crippen LogP) is 4.05. The third-order valence-corrected chi connectivity index (χ3v) is 5.63. The molecule has 4 nitrogen and oxygen atoms in total. The maximum Gasteiger partial charge on any atom is 0.318 e. The number of hydrogen-bond acceptors (Lipinski definition) is 4. The molecule has 0 unspecified atom stereocenters. The Labute approximate surface area is 145 Å². The maximum atomic E-state index is 12.5. The lowest BCUT2D eigenvalue weighted by Crippen LogP contribution is -2.39. The molecule has 122 valence electrons. The van der Waals surface area contributed by atoms with Crippen LogP contribution in [0.3, 0.4) is 0 Å². The monoisotopic (exact) mass is 347 g/mol. The van der Waals surface area contributed by atoms with E-state index in [-0.39, 0.29) is 12.1 Å². The highest BCUT2D eigenvalue weighted by molar-refractivity contribution is 7.97. The number of likely N-dealkylation sites (tertiary alicyclic amines) is 1. The molecule has 1 fully saturated rings. The molecule has 1 saturated heterocycles. The van der Waals surface area contributed by atoms with E-state index >= 15 is 0 Å². The molecule has 6 heteroatoms. The van der Waals surface area contributed by atoms with Gasteiger partial charge in [-0.15, -0.1) is 11.3 Å². The van der Waals surface area contributed by atoms with Crippen LogP contribution in [-0.2, 0) is 12.3 Å². The molecular formula is C17H21N3OS2. The van der Waals surface area contributed by atoms with Crippen LogP contribution in [0.2, 0.25) is 0 Å². The van der Waals surface area contributed by atoms with Crippen molar-refractivity contribution in [1.29, 1.82) is 0 Å². The molecule has 0 bridgehead atoms. The number of thioether (sulfide) groups is 1. The number of amides is 2. The molecule has 0 radical (unpaired) electrons. The van der Waals surface area contributed by atoms with Crippen LogP contribution >= 0.6 is 23.1 Å². The average Bonchev–Trinajstić information content (AvgIpc) is 3.23. The Morgan fingerprint density at radius 3 is 3.04 bits per heavy atom. The third-order valence-electron chi connectivity index (χ3n) is 3.99. The molecule has 1 aromatic carbocycles. The van der Waals surface area contributed by atoms with E-state index in [0.717, 1.165) is 35.8 Å². The first-order chi connectivity index (χ1) is 11.3. The Balaban J connectivity index is 1.58. The molecule has 1 aliphatic rings. The molecule has 2 heterocycles. The second-order valence-electron chi connectivity index (χ2n) is 5.59. The zero-order valence-electron chi connectivity index (χ0n) is 13.2. The van der Waals surface area contributed by atoms with Gasteiger partial charge in [-0.3, -0.25) is 0 Å². The van der Waals surface area contributed by atoms with Crippen LogP contribution in [0.5, 0.6) is 0 Å². The predicted molar refractivity (Wildman–Crippen MR) is 96.7 cm³/mol. The summed E-state index contributed by atoms with van der Waals surface area (Å²) in [5, 5.41) is 6.17.